The molecule has 5 heteroatoms. The topological polar surface area (TPSA) is 38.0 Å². The highest BCUT2D eigenvalue weighted by molar-refractivity contribution is 7.98. The molecule has 0 aliphatic rings. The number of hydrogen-bond acceptors (Lipinski definition) is 3. The molecule has 0 aromatic heterocycles. The first-order valence-electron chi connectivity index (χ1n) is 4.59. The second-order valence-electron chi connectivity index (χ2n) is 3.17. The monoisotopic (exact) mass is 232 g/mol. The summed E-state index contributed by atoms with van der Waals surface area (Å²) in [7, 11) is 0. The molecule has 1 rings (SSSR count). The van der Waals surface area contributed by atoms with E-state index in [9.17, 15) is 8.78 Å². The summed E-state index contributed by atoms with van der Waals surface area (Å²) < 4.78 is 26.0. The summed E-state index contributed by atoms with van der Waals surface area (Å²) in [6.45, 7) is 0. The highest BCUT2D eigenvalue weighted by Crippen LogP contribution is 2.21. The fourth-order valence-electron chi connectivity index (χ4n) is 1.35. The molecule has 0 saturated carbocycles. The van der Waals surface area contributed by atoms with Gasteiger partial charge in [0, 0.05) is 17.7 Å². The van der Waals surface area contributed by atoms with E-state index in [0.717, 1.165) is 11.8 Å². The van der Waals surface area contributed by atoms with Crippen molar-refractivity contribution in [2.45, 2.75) is 12.5 Å². The molecule has 0 radical (unpaired) electrons. The Labute approximate surface area is 92.2 Å². The Morgan fingerprint density at radius 3 is 2.73 bits per heavy atom. The minimum Gasteiger partial charge on any atom is -0.271 e. The zero-order valence-corrected chi connectivity index (χ0v) is 9.28. The predicted molar refractivity (Wildman–Crippen MR) is 59.4 cm³/mol. The van der Waals surface area contributed by atoms with E-state index in [1.165, 1.54) is 12.1 Å². The molecular weight excluding hydrogens is 218 g/mol. The van der Waals surface area contributed by atoms with Gasteiger partial charge in [0.2, 0.25) is 0 Å². The van der Waals surface area contributed by atoms with E-state index < -0.39 is 11.6 Å². The van der Waals surface area contributed by atoms with Crippen molar-refractivity contribution in [2.24, 2.45) is 5.84 Å². The Morgan fingerprint density at radius 2 is 2.20 bits per heavy atom. The van der Waals surface area contributed by atoms with Crippen molar-refractivity contribution in [1.29, 1.82) is 0 Å². The zero-order valence-electron chi connectivity index (χ0n) is 8.47. The third-order valence-electron chi connectivity index (χ3n) is 2.15. The van der Waals surface area contributed by atoms with Crippen LogP contribution in [0.2, 0.25) is 0 Å². The van der Waals surface area contributed by atoms with Crippen molar-refractivity contribution < 1.29 is 8.78 Å². The molecule has 0 saturated heterocycles. The second kappa shape index (κ2) is 6.05. The molecule has 84 valence electrons. The number of hydrogen-bond donors (Lipinski definition) is 2. The quantitative estimate of drug-likeness (QED) is 0.604. The van der Waals surface area contributed by atoms with Crippen LogP contribution < -0.4 is 11.3 Å². The number of nitrogens with one attached hydrogen (secondary N) is 1. The molecule has 0 spiro atoms. The third kappa shape index (κ3) is 3.44. The van der Waals surface area contributed by atoms with Crippen molar-refractivity contribution in [1.82, 2.24) is 5.43 Å². The molecule has 1 aromatic carbocycles. The van der Waals surface area contributed by atoms with Crippen LogP contribution in [0.3, 0.4) is 0 Å². The second-order valence-corrected chi connectivity index (χ2v) is 4.15. The number of halogens is 2. The molecule has 0 aliphatic carbocycles. The highest BCUT2D eigenvalue weighted by Gasteiger charge is 2.14. The Hall–Kier alpha value is -0.650. The van der Waals surface area contributed by atoms with E-state index in [-0.39, 0.29) is 6.04 Å². The highest BCUT2D eigenvalue weighted by atomic mass is 32.2. The van der Waals surface area contributed by atoms with E-state index in [1.807, 2.05) is 6.26 Å². The number of rotatable bonds is 5. The van der Waals surface area contributed by atoms with Gasteiger partial charge in [-0.3, -0.25) is 11.3 Å². The maximum atomic E-state index is 13.4. The fraction of sp³-hybridized carbons (Fsp3) is 0.400. The van der Waals surface area contributed by atoms with Gasteiger partial charge in [0.15, 0.2) is 0 Å². The average molecular weight is 232 g/mol. The Bertz CT molecular complexity index is 320. The lowest BCUT2D eigenvalue weighted by atomic mass is 10.0. The SMILES string of the molecule is CSCCC(NN)c1ccc(F)cc1F. The molecule has 3 N–H and O–H groups in total. The van der Waals surface area contributed by atoms with Crippen molar-refractivity contribution in [3.8, 4) is 0 Å². The molecule has 0 aliphatic heterocycles. The van der Waals surface area contributed by atoms with Gasteiger partial charge in [-0.05, 0) is 24.5 Å². The zero-order chi connectivity index (χ0) is 11.3. The minimum atomic E-state index is -0.572. The molecular formula is C10H14F2N2S. The summed E-state index contributed by atoms with van der Waals surface area (Å²) in [4.78, 5) is 0. The molecule has 1 aromatic rings. The number of hydrazine groups is 1. The fourth-order valence-corrected chi connectivity index (χ4v) is 1.82. The van der Waals surface area contributed by atoms with Crippen LogP contribution >= 0.6 is 11.8 Å². The summed E-state index contributed by atoms with van der Waals surface area (Å²) in [6.07, 6.45) is 2.68. The molecule has 15 heavy (non-hydrogen) atoms. The van der Waals surface area contributed by atoms with E-state index in [1.54, 1.807) is 11.8 Å². The normalized spacial score (nSPS) is 12.8. The number of thioether (sulfide) groups is 1. The van der Waals surface area contributed by atoms with Crippen molar-refractivity contribution in [2.75, 3.05) is 12.0 Å². The molecule has 0 bridgehead atoms. The molecule has 0 fully saturated rings. The van der Waals surface area contributed by atoms with Crippen LogP contribution in [0, 0.1) is 11.6 Å². The molecule has 1 unspecified atom stereocenters. The lowest BCUT2D eigenvalue weighted by molar-refractivity contribution is 0.497. The van der Waals surface area contributed by atoms with Gasteiger partial charge in [0.25, 0.3) is 0 Å². The van der Waals surface area contributed by atoms with Crippen LogP contribution in [0.5, 0.6) is 0 Å². The molecule has 1 atom stereocenters. The van der Waals surface area contributed by atoms with Gasteiger partial charge < -0.3 is 0 Å². The maximum Gasteiger partial charge on any atom is 0.130 e. The van der Waals surface area contributed by atoms with E-state index in [2.05, 4.69) is 5.43 Å². The minimum absolute atomic E-state index is 0.266. The van der Waals surface area contributed by atoms with Crippen LogP contribution in [0.1, 0.15) is 18.0 Å². The van der Waals surface area contributed by atoms with Crippen LogP contribution in [0.15, 0.2) is 18.2 Å². The van der Waals surface area contributed by atoms with Gasteiger partial charge in [-0.1, -0.05) is 6.07 Å². The maximum absolute atomic E-state index is 13.4. The van der Waals surface area contributed by atoms with E-state index in [4.69, 9.17) is 5.84 Å². The van der Waals surface area contributed by atoms with Crippen LogP contribution in [-0.4, -0.2) is 12.0 Å². The van der Waals surface area contributed by atoms with Gasteiger partial charge in [0.05, 0.1) is 0 Å². The Morgan fingerprint density at radius 1 is 1.47 bits per heavy atom. The summed E-state index contributed by atoms with van der Waals surface area (Å²) in [5.41, 5.74) is 2.95. The largest absolute Gasteiger partial charge is 0.271 e. The Kier molecular flexibility index (Phi) is 5.01. The standard InChI is InChI=1S/C10H14F2N2S/c1-15-5-4-10(14-13)8-3-2-7(11)6-9(8)12/h2-3,6,10,14H,4-5,13H2,1H3. The predicted octanol–water partition coefficient (Wildman–Crippen LogP) is 2.22. The molecule has 0 heterocycles. The van der Waals surface area contributed by atoms with Gasteiger partial charge in [0.1, 0.15) is 11.6 Å². The first kappa shape index (κ1) is 12.4. The van der Waals surface area contributed by atoms with E-state index >= 15 is 0 Å². The Balaban J connectivity index is 2.81. The first-order valence-corrected chi connectivity index (χ1v) is 5.98. The first-order chi connectivity index (χ1) is 7.19. The summed E-state index contributed by atoms with van der Waals surface area (Å²) >= 11 is 1.66. The lowest BCUT2D eigenvalue weighted by Crippen LogP contribution is -2.29. The van der Waals surface area contributed by atoms with Crippen LogP contribution in [0.4, 0.5) is 8.78 Å². The lowest BCUT2D eigenvalue weighted by Gasteiger charge is -2.16. The molecule has 0 amide bonds. The van der Waals surface area contributed by atoms with Crippen molar-refractivity contribution in [3.05, 3.63) is 35.4 Å². The van der Waals surface area contributed by atoms with Gasteiger partial charge in [-0.15, -0.1) is 0 Å². The van der Waals surface area contributed by atoms with Crippen molar-refractivity contribution in [3.63, 3.8) is 0 Å². The summed E-state index contributed by atoms with van der Waals surface area (Å²) in [6, 6.07) is 3.27. The average Bonchev–Trinajstić information content (AvgIpc) is 2.21. The van der Waals surface area contributed by atoms with Crippen molar-refractivity contribution >= 4 is 11.8 Å². The van der Waals surface area contributed by atoms with Crippen LogP contribution in [-0.2, 0) is 0 Å². The third-order valence-corrected chi connectivity index (χ3v) is 2.79. The number of benzene rings is 1. The van der Waals surface area contributed by atoms with Gasteiger partial charge in [-0.2, -0.15) is 11.8 Å². The summed E-state index contributed by atoms with van der Waals surface area (Å²) in [5.74, 6) is 5.07. The van der Waals surface area contributed by atoms with Gasteiger partial charge in [-0.25, -0.2) is 8.78 Å². The van der Waals surface area contributed by atoms with Gasteiger partial charge >= 0.3 is 0 Å². The van der Waals surface area contributed by atoms with Crippen LogP contribution in [0.25, 0.3) is 0 Å². The van der Waals surface area contributed by atoms with E-state index in [0.29, 0.717) is 12.0 Å². The molecule has 2 nitrogen and oxygen atoms in total. The number of nitrogens with two attached hydrogens (primary N) is 1. The summed E-state index contributed by atoms with van der Waals surface area (Å²) in [5, 5.41) is 0. The smallest absolute Gasteiger partial charge is 0.130 e.